The minimum Gasteiger partial charge on any atom is -0.481 e. The lowest BCUT2D eigenvalue weighted by molar-refractivity contribution is -0.136. The topological polar surface area (TPSA) is 55.1 Å². The van der Waals surface area contributed by atoms with Crippen molar-refractivity contribution >= 4 is 21.9 Å². The van der Waals surface area contributed by atoms with Gasteiger partial charge in [0.2, 0.25) is 0 Å². The number of carbonyl (C=O) groups is 1. The highest BCUT2D eigenvalue weighted by molar-refractivity contribution is 9.10. The number of aliphatic carboxylic acids is 1. The van der Waals surface area contributed by atoms with Crippen LogP contribution in [-0.4, -0.2) is 20.6 Å². The van der Waals surface area contributed by atoms with E-state index in [9.17, 15) is 4.79 Å². The molecule has 0 fully saturated rings. The van der Waals surface area contributed by atoms with Crippen LogP contribution in [0.1, 0.15) is 11.3 Å². The summed E-state index contributed by atoms with van der Waals surface area (Å²) in [6.45, 7) is 2.02. The second-order valence-electron chi connectivity index (χ2n) is 4.17. The van der Waals surface area contributed by atoms with Gasteiger partial charge in [-0.25, -0.2) is 4.98 Å². The van der Waals surface area contributed by atoms with E-state index in [4.69, 9.17) is 5.11 Å². The molecular formula is C13H13BrN2O2. The molecule has 5 heteroatoms. The van der Waals surface area contributed by atoms with Crippen LogP contribution in [0, 0.1) is 6.92 Å². The largest absolute Gasteiger partial charge is 0.481 e. The second kappa shape index (κ2) is 4.94. The van der Waals surface area contributed by atoms with E-state index < -0.39 is 5.97 Å². The van der Waals surface area contributed by atoms with Gasteiger partial charge in [0.05, 0.1) is 12.1 Å². The van der Waals surface area contributed by atoms with Gasteiger partial charge in [-0.15, -0.1) is 0 Å². The summed E-state index contributed by atoms with van der Waals surface area (Å²) in [6.07, 6.45) is -0.0457. The van der Waals surface area contributed by atoms with Crippen LogP contribution in [0.2, 0.25) is 0 Å². The Morgan fingerprint density at radius 2 is 2.00 bits per heavy atom. The van der Waals surface area contributed by atoms with E-state index in [1.54, 1.807) is 0 Å². The molecule has 0 saturated carbocycles. The molecule has 2 rings (SSSR count). The number of hydrogen-bond acceptors (Lipinski definition) is 2. The zero-order valence-corrected chi connectivity index (χ0v) is 11.7. The lowest BCUT2D eigenvalue weighted by atomic mass is 10.1. The van der Waals surface area contributed by atoms with Crippen LogP contribution in [0.5, 0.6) is 0 Å². The minimum absolute atomic E-state index is 0.0457. The lowest BCUT2D eigenvalue weighted by Crippen LogP contribution is -2.06. The Morgan fingerprint density at radius 3 is 2.56 bits per heavy atom. The van der Waals surface area contributed by atoms with Gasteiger partial charge in [0, 0.05) is 12.6 Å². The zero-order chi connectivity index (χ0) is 13.3. The summed E-state index contributed by atoms with van der Waals surface area (Å²) in [6, 6.07) is 7.98. The van der Waals surface area contributed by atoms with Crippen LogP contribution in [0.3, 0.4) is 0 Å². The smallest absolute Gasteiger partial charge is 0.309 e. The summed E-state index contributed by atoms with van der Waals surface area (Å²) < 4.78 is 2.39. The van der Waals surface area contributed by atoms with Crippen LogP contribution >= 0.6 is 15.9 Å². The van der Waals surface area contributed by atoms with Crippen molar-refractivity contribution in [2.75, 3.05) is 0 Å². The molecule has 18 heavy (non-hydrogen) atoms. The highest BCUT2D eigenvalue weighted by atomic mass is 79.9. The molecule has 1 heterocycles. The normalized spacial score (nSPS) is 10.6. The molecule has 94 valence electrons. The Bertz CT molecular complexity index is 588. The molecule has 4 nitrogen and oxygen atoms in total. The van der Waals surface area contributed by atoms with Crippen molar-refractivity contribution in [3.8, 4) is 11.4 Å². The number of aryl methyl sites for hydroxylation is 1. The number of benzene rings is 1. The third kappa shape index (κ3) is 2.46. The predicted molar refractivity (Wildman–Crippen MR) is 72.4 cm³/mol. The van der Waals surface area contributed by atoms with Crippen molar-refractivity contribution in [3.63, 3.8) is 0 Å². The molecule has 0 aliphatic carbocycles. The molecule has 0 bridgehead atoms. The fraction of sp³-hybridized carbons (Fsp3) is 0.231. The molecule has 2 aromatic rings. The van der Waals surface area contributed by atoms with E-state index in [-0.39, 0.29) is 6.42 Å². The Hall–Kier alpha value is -1.62. The van der Waals surface area contributed by atoms with Gasteiger partial charge in [-0.3, -0.25) is 4.79 Å². The first-order valence-electron chi connectivity index (χ1n) is 5.49. The number of carboxylic acids is 1. The van der Waals surface area contributed by atoms with Crippen molar-refractivity contribution < 1.29 is 9.90 Å². The van der Waals surface area contributed by atoms with Gasteiger partial charge in [-0.05, 0) is 22.9 Å². The number of aromatic nitrogens is 2. The molecule has 0 aliphatic rings. The maximum Gasteiger partial charge on any atom is 0.309 e. The van der Waals surface area contributed by atoms with Gasteiger partial charge in [0.1, 0.15) is 10.4 Å². The fourth-order valence-corrected chi connectivity index (χ4v) is 2.37. The maximum absolute atomic E-state index is 10.8. The summed E-state index contributed by atoms with van der Waals surface area (Å²) in [5.74, 6) is -0.104. The van der Waals surface area contributed by atoms with Crippen molar-refractivity contribution in [1.82, 2.24) is 9.55 Å². The van der Waals surface area contributed by atoms with E-state index in [2.05, 4.69) is 20.9 Å². The standard InChI is InChI=1S/C13H13BrN2O2/c1-8-3-5-9(6-4-8)13-15-12(14)10(16(13)2)7-11(17)18/h3-6H,7H2,1-2H3,(H,17,18). The second-order valence-corrected chi connectivity index (χ2v) is 4.92. The first kappa shape index (κ1) is 12.8. The van der Waals surface area contributed by atoms with E-state index >= 15 is 0 Å². The highest BCUT2D eigenvalue weighted by Crippen LogP contribution is 2.25. The average molecular weight is 309 g/mol. The first-order valence-corrected chi connectivity index (χ1v) is 6.28. The molecule has 0 radical (unpaired) electrons. The average Bonchev–Trinajstić information content (AvgIpc) is 2.58. The van der Waals surface area contributed by atoms with Crippen LogP contribution in [0.4, 0.5) is 0 Å². The van der Waals surface area contributed by atoms with Gasteiger partial charge in [-0.1, -0.05) is 29.8 Å². The van der Waals surface area contributed by atoms with E-state index in [1.165, 1.54) is 5.56 Å². The highest BCUT2D eigenvalue weighted by Gasteiger charge is 2.16. The summed E-state index contributed by atoms with van der Waals surface area (Å²) in [4.78, 5) is 15.2. The summed E-state index contributed by atoms with van der Waals surface area (Å²) in [5, 5.41) is 8.87. The number of rotatable bonds is 3. The van der Waals surface area contributed by atoms with Gasteiger partial charge in [0.15, 0.2) is 0 Å². The quantitative estimate of drug-likeness (QED) is 0.948. The Morgan fingerprint density at radius 1 is 1.39 bits per heavy atom. The van der Waals surface area contributed by atoms with Crippen molar-refractivity contribution in [2.24, 2.45) is 7.05 Å². The molecule has 0 amide bonds. The molecule has 0 aliphatic heterocycles. The van der Waals surface area contributed by atoms with E-state index in [1.807, 2.05) is 42.8 Å². The number of carboxylic acid groups (broad SMARTS) is 1. The van der Waals surface area contributed by atoms with Crippen LogP contribution in [0.25, 0.3) is 11.4 Å². The Balaban J connectivity index is 2.46. The van der Waals surface area contributed by atoms with Gasteiger partial charge >= 0.3 is 5.97 Å². The maximum atomic E-state index is 10.8. The van der Waals surface area contributed by atoms with Crippen LogP contribution in [0.15, 0.2) is 28.9 Å². The number of nitrogens with zero attached hydrogens (tertiary/aromatic N) is 2. The molecule has 0 atom stereocenters. The summed E-state index contributed by atoms with van der Waals surface area (Å²) in [7, 11) is 1.82. The molecule has 0 spiro atoms. The molecular weight excluding hydrogens is 296 g/mol. The molecule has 1 aromatic heterocycles. The van der Waals surface area contributed by atoms with Gasteiger partial charge in [0.25, 0.3) is 0 Å². The molecule has 0 saturated heterocycles. The monoisotopic (exact) mass is 308 g/mol. The molecule has 0 unspecified atom stereocenters. The SMILES string of the molecule is Cc1ccc(-c2nc(Br)c(CC(=O)O)n2C)cc1. The van der Waals surface area contributed by atoms with Crippen molar-refractivity contribution in [3.05, 3.63) is 40.1 Å². The number of halogens is 1. The Kier molecular flexibility index (Phi) is 3.52. The van der Waals surface area contributed by atoms with Crippen molar-refractivity contribution in [1.29, 1.82) is 0 Å². The number of hydrogen-bond donors (Lipinski definition) is 1. The van der Waals surface area contributed by atoms with Gasteiger partial charge < -0.3 is 9.67 Å². The van der Waals surface area contributed by atoms with Crippen LogP contribution in [-0.2, 0) is 18.3 Å². The number of imidazole rings is 1. The predicted octanol–water partition coefficient (Wildman–Crippen LogP) is 2.79. The third-order valence-electron chi connectivity index (χ3n) is 2.79. The van der Waals surface area contributed by atoms with Crippen molar-refractivity contribution in [2.45, 2.75) is 13.3 Å². The van der Waals surface area contributed by atoms with Crippen LogP contribution < -0.4 is 0 Å². The van der Waals surface area contributed by atoms with Gasteiger partial charge in [-0.2, -0.15) is 0 Å². The summed E-state index contributed by atoms with van der Waals surface area (Å²) >= 11 is 3.31. The molecule has 1 N–H and O–H groups in total. The minimum atomic E-state index is -0.867. The Labute approximate surface area is 113 Å². The summed E-state index contributed by atoms with van der Waals surface area (Å²) in [5.41, 5.74) is 2.82. The van der Waals surface area contributed by atoms with E-state index in [0.29, 0.717) is 10.3 Å². The molecule has 1 aromatic carbocycles. The first-order chi connectivity index (χ1) is 8.49. The lowest BCUT2D eigenvalue weighted by Gasteiger charge is -2.04. The fourth-order valence-electron chi connectivity index (χ4n) is 1.79. The van der Waals surface area contributed by atoms with E-state index in [0.717, 1.165) is 11.4 Å². The zero-order valence-electron chi connectivity index (χ0n) is 10.1. The third-order valence-corrected chi connectivity index (χ3v) is 3.43.